The summed E-state index contributed by atoms with van der Waals surface area (Å²) in [6, 6.07) is 0.876. The number of primary sulfonamides is 1. The second-order valence-electron chi connectivity index (χ2n) is 3.52. The van der Waals surface area contributed by atoms with E-state index in [1.807, 2.05) is 0 Å². The normalized spacial score (nSPS) is 12.7. The molecule has 1 rings (SSSR count). The summed E-state index contributed by atoms with van der Waals surface area (Å²) < 4.78 is 47.1. The Kier molecular flexibility index (Phi) is 3.55. The number of nitrogens with two attached hydrogens (primary N) is 1. The zero-order valence-corrected chi connectivity index (χ0v) is 10.2. The Morgan fingerprint density at radius 2 is 2.12 bits per heavy atom. The lowest BCUT2D eigenvalue weighted by atomic mass is 10.1. The van der Waals surface area contributed by atoms with Gasteiger partial charge in [0.2, 0.25) is 15.9 Å². The number of carbonyl (C=O) groups is 1. The number of rotatable bonds is 4. The molecule has 3 N–H and O–H groups in total. The predicted molar refractivity (Wildman–Crippen MR) is 57.0 cm³/mol. The molecule has 0 fully saturated rings. The van der Waals surface area contributed by atoms with Crippen LogP contribution in [-0.4, -0.2) is 25.4 Å². The molecule has 0 aromatic carbocycles. The Morgan fingerprint density at radius 3 is 2.47 bits per heavy atom. The topological polar surface area (TPSA) is 97.5 Å². The number of hydrogen-bond acceptors (Lipinski definition) is 4. The first-order valence-corrected chi connectivity index (χ1v) is 6.63. The third-order valence-electron chi connectivity index (χ3n) is 1.76. The average molecular weight is 285 g/mol. The minimum Gasteiger partial charge on any atom is -0.477 e. The van der Waals surface area contributed by atoms with Crippen LogP contribution in [0.25, 0.3) is 0 Å². The second-order valence-corrected chi connectivity index (χ2v) is 6.36. The van der Waals surface area contributed by atoms with Crippen LogP contribution in [0, 0.1) is 0 Å². The molecule has 0 saturated heterocycles. The molecule has 9 heteroatoms. The maximum atomic E-state index is 12.8. The fourth-order valence-electron chi connectivity index (χ4n) is 1.19. The Hall–Kier alpha value is -1.06. The average Bonchev–Trinajstić information content (AvgIpc) is 2.43. The SMILES string of the molecule is CC(F)(F)Cc1cc(S(N)(=O)=O)sc1C(=O)O. The van der Waals surface area contributed by atoms with Gasteiger partial charge < -0.3 is 5.11 Å². The molecule has 0 bridgehead atoms. The van der Waals surface area contributed by atoms with Crippen LogP contribution in [0.2, 0.25) is 0 Å². The maximum absolute atomic E-state index is 12.8. The fraction of sp³-hybridized carbons (Fsp3) is 0.375. The molecular weight excluding hydrogens is 276 g/mol. The van der Waals surface area contributed by atoms with E-state index in [0.29, 0.717) is 18.3 Å². The Bertz CT molecular complexity index is 544. The van der Waals surface area contributed by atoms with Crippen molar-refractivity contribution in [3.05, 3.63) is 16.5 Å². The van der Waals surface area contributed by atoms with Crippen molar-refractivity contribution < 1.29 is 27.1 Å². The molecule has 0 radical (unpaired) electrons. The zero-order valence-electron chi connectivity index (χ0n) is 8.61. The number of aromatic carboxylic acids is 1. The van der Waals surface area contributed by atoms with Gasteiger partial charge in [-0.2, -0.15) is 0 Å². The lowest BCUT2D eigenvalue weighted by Gasteiger charge is -2.08. The Morgan fingerprint density at radius 1 is 1.59 bits per heavy atom. The highest BCUT2D eigenvalue weighted by Gasteiger charge is 2.28. The van der Waals surface area contributed by atoms with Gasteiger partial charge in [0.1, 0.15) is 9.09 Å². The van der Waals surface area contributed by atoms with Gasteiger partial charge in [-0.1, -0.05) is 0 Å². The summed E-state index contributed by atoms with van der Waals surface area (Å²) in [5.74, 6) is -4.58. The van der Waals surface area contributed by atoms with Gasteiger partial charge in [-0.15, -0.1) is 11.3 Å². The molecule has 5 nitrogen and oxygen atoms in total. The molecule has 17 heavy (non-hydrogen) atoms. The molecule has 0 saturated carbocycles. The molecular formula is C8H9F2NO4S2. The van der Waals surface area contributed by atoms with E-state index in [9.17, 15) is 22.0 Å². The Balaban J connectivity index is 3.29. The van der Waals surface area contributed by atoms with Crippen molar-refractivity contribution in [3.8, 4) is 0 Å². The smallest absolute Gasteiger partial charge is 0.346 e. The summed E-state index contributed by atoms with van der Waals surface area (Å²) in [6.07, 6.45) is -0.847. The van der Waals surface area contributed by atoms with Gasteiger partial charge in [-0.05, 0) is 18.6 Å². The number of sulfonamides is 1. The van der Waals surface area contributed by atoms with Crippen LogP contribution in [0.1, 0.15) is 22.2 Å². The van der Waals surface area contributed by atoms with E-state index >= 15 is 0 Å². The van der Waals surface area contributed by atoms with Crippen molar-refractivity contribution in [2.75, 3.05) is 0 Å². The molecule has 1 aromatic rings. The van der Waals surface area contributed by atoms with E-state index in [-0.39, 0.29) is 5.56 Å². The van der Waals surface area contributed by atoms with Crippen molar-refractivity contribution in [2.45, 2.75) is 23.5 Å². The molecule has 0 spiro atoms. The molecule has 0 amide bonds. The van der Waals surface area contributed by atoms with Gasteiger partial charge in [-0.25, -0.2) is 27.1 Å². The van der Waals surface area contributed by atoms with E-state index in [4.69, 9.17) is 10.2 Å². The van der Waals surface area contributed by atoms with Crippen molar-refractivity contribution in [1.29, 1.82) is 0 Å². The number of hydrogen-bond donors (Lipinski definition) is 2. The van der Waals surface area contributed by atoms with Gasteiger partial charge in [0, 0.05) is 6.42 Å². The molecule has 96 valence electrons. The van der Waals surface area contributed by atoms with Crippen LogP contribution in [0.15, 0.2) is 10.3 Å². The van der Waals surface area contributed by atoms with Crippen molar-refractivity contribution in [2.24, 2.45) is 5.14 Å². The summed E-state index contributed by atoms with van der Waals surface area (Å²) in [5.41, 5.74) is -0.237. The number of thiophene rings is 1. The van der Waals surface area contributed by atoms with Crippen molar-refractivity contribution in [3.63, 3.8) is 0 Å². The molecule has 1 heterocycles. The van der Waals surface area contributed by atoms with Crippen LogP contribution in [0.4, 0.5) is 8.78 Å². The van der Waals surface area contributed by atoms with Crippen LogP contribution < -0.4 is 5.14 Å². The molecule has 0 aliphatic heterocycles. The molecule has 0 aliphatic rings. The molecule has 1 aromatic heterocycles. The minimum absolute atomic E-state index is 0.237. The van der Waals surface area contributed by atoms with Gasteiger partial charge in [-0.3, -0.25) is 0 Å². The summed E-state index contributed by atoms with van der Waals surface area (Å²) in [7, 11) is -4.08. The van der Waals surface area contributed by atoms with Crippen LogP contribution in [0.3, 0.4) is 0 Å². The standard InChI is InChI=1S/C8H9F2NO4S2/c1-8(9,10)3-4-2-5(17(11,14)15)16-6(4)7(12)13/h2H,3H2,1H3,(H,12,13)(H2,11,14,15). The van der Waals surface area contributed by atoms with Crippen molar-refractivity contribution in [1.82, 2.24) is 0 Å². The van der Waals surface area contributed by atoms with Gasteiger partial charge in [0.25, 0.3) is 0 Å². The summed E-state index contributed by atoms with van der Waals surface area (Å²) in [6.45, 7) is 0.618. The van der Waals surface area contributed by atoms with E-state index in [0.717, 1.165) is 6.07 Å². The zero-order chi connectivity index (χ0) is 13.4. The number of carboxylic acids is 1. The highest BCUT2D eigenvalue weighted by Crippen LogP contribution is 2.30. The van der Waals surface area contributed by atoms with Crippen molar-refractivity contribution >= 4 is 27.3 Å². The number of carboxylic acid groups (broad SMARTS) is 1. The van der Waals surface area contributed by atoms with E-state index in [2.05, 4.69) is 0 Å². The first-order chi connectivity index (χ1) is 7.50. The maximum Gasteiger partial charge on any atom is 0.346 e. The highest BCUT2D eigenvalue weighted by atomic mass is 32.2. The molecule has 0 aliphatic carbocycles. The van der Waals surface area contributed by atoms with E-state index < -0.39 is 37.4 Å². The first-order valence-electron chi connectivity index (χ1n) is 4.27. The summed E-state index contributed by atoms with van der Waals surface area (Å²) in [4.78, 5) is 10.3. The quantitative estimate of drug-likeness (QED) is 0.871. The molecule has 0 atom stereocenters. The predicted octanol–water partition coefficient (Wildman–Crippen LogP) is 1.29. The van der Waals surface area contributed by atoms with E-state index in [1.54, 1.807) is 0 Å². The fourth-order valence-corrected chi connectivity index (χ4v) is 2.96. The highest BCUT2D eigenvalue weighted by molar-refractivity contribution is 7.91. The second kappa shape index (κ2) is 4.31. The van der Waals surface area contributed by atoms with Gasteiger partial charge in [0.05, 0.1) is 0 Å². The largest absolute Gasteiger partial charge is 0.477 e. The molecule has 0 unspecified atom stereocenters. The monoisotopic (exact) mass is 285 g/mol. The Labute approximate surface area is 99.9 Å². The summed E-state index contributed by atoms with van der Waals surface area (Å²) in [5, 5.41) is 13.6. The van der Waals surface area contributed by atoms with Crippen LogP contribution in [0.5, 0.6) is 0 Å². The minimum atomic E-state index is -4.08. The lowest BCUT2D eigenvalue weighted by Crippen LogP contribution is -2.15. The number of alkyl halides is 2. The third-order valence-corrected chi connectivity index (χ3v) is 4.35. The van der Waals surface area contributed by atoms with Crippen LogP contribution in [-0.2, 0) is 16.4 Å². The van der Waals surface area contributed by atoms with E-state index in [1.165, 1.54) is 0 Å². The van der Waals surface area contributed by atoms with Crippen LogP contribution >= 0.6 is 11.3 Å². The van der Waals surface area contributed by atoms with Gasteiger partial charge >= 0.3 is 5.97 Å². The lowest BCUT2D eigenvalue weighted by molar-refractivity contribution is 0.0224. The number of halogens is 2. The summed E-state index contributed by atoms with van der Waals surface area (Å²) >= 11 is 0.369. The van der Waals surface area contributed by atoms with Gasteiger partial charge in [0.15, 0.2) is 0 Å². The third kappa shape index (κ3) is 3.72. The first kappa shape index (κ1) is 14.0.